The number of benzene rings is 2. The van der Waals surface area contributed by atoms with Gasteiger partial charge in [-0.3, -0.25) is 46.7 Å². The van der Waals surface area contributed by atoms with Crippen LogP contribution in [0.15, 0.2) is 110 Å². The zero-order valence-electron chi connectivity index (χ0n) is 39.5. The van der Waals surface area contributed by atoms with Crippen LogP contribution in [0, 0.1) is 48.2 Å². The van der Waals surface area contributed by atoms with Crippen LogP contribution in [-0.2, 0) is 58.8 Å². The zero-order chi connectivity index (χ0) is 51.8. The number of anilines is 1. The van der Waals surface area contributed by atoms with Gasteiger partial charge in [0.2, 0.25) is 5.91 Å². The molecule has 6 heterocycles. The smallest absolute Gasteiger partial charge is 0.333 e. The van der Waals surface area contributed by atoms with Crippen LogP contribution in [-0.4, -0.2) is 94.0 Å². The zero-order valence-corrected chi connectivity index (χ0v) is 42.7. The third kappa shape index (κ3) is 17.0. The molecule has 73 heavy (non-hydrogen) atoms. The van der Waals surface area contributed by atoms with Gasteiger partial charge in [-0.05, 0) is 86.0 Å². The number of nitrogens with zero attached hydrogens (tertiary/aromatic N) is 6. The van der Waals surface area contributed by atoms with Crippen LogP contribution < -0.4 is 10.2 Å². The van der Waals surface area contributed by atoms with Crippen LogP contribution in [0.4, 0.5) is 23.2 Å². The van der Waals surface area contributed by atoms with E-state index in [1.54, 1.807) is 61.2 Å². The molecule has 21 heteroatoms. The molecule has 3 amide bonds. The van der Waals surface area contributed by atoms with Gasteiger partial charge < -0.3 is 25.0 Å². The number of rotatable bonds is 16. The molecule has 2 fully saturated rings. The summed E-state index contributed by atoms with van der Waals surface area (Å²) in [6, 6.07) is 26.1. The Hall–Kier alpha value is -7.09. The Labute approximate surface area is 433 Å². The van der Waals surface area contributed by atoms with Crippen molar-refractivity contribution in [1.29, 1.82) is 0 Å². The standard InChI is InChI=1S/C30H37N5O8S.2C11H6F2N.Ir/c1-20-10-13-31-23(16-20)24-18-22(11-14-32-24)34-15-5-6-25(34)26(36)17-21(19-44(2,41)42)30(40)33-12-4-3-7-29(39)43-35-27(37)8-9-28(35)38;2*12-8-4-5-9(10(13)7-8)11-3-1-2-6-14-11;/h10-11,13-14,16,18,21,25H,3-9,12,15,17,19H2,1-2H3,(H,33,40);2*1-4,6-7H;/q;2*-1;. The summed E-state index contributed by atoms with van der Waals surface area (Å²) in [6.45, 7) is 2.74. The third-order valence-electron chi connectivity index (χ3n) is 11.1. The fourth-order valence-corrected chi connectivity index (χ4v) is 8.66. The molecule has 0 saturated carbocycles. The fourth-order valence-electron chi connectivity index (χ4n) is 7.66. The molecule has 15 nitrogen and oxygen atoms in total. The Bertz CT molecular complexity index is 2900. The molecule has 2 aliphatic heterocycles. The molecule has 385 valence electrons. The molecule has 1 N–H and O–H groups in total. The van der Waals surface area contributed by atoms with Gasteiger partial charge in [-0.2, -0.15) is 0 Å². The molecular formula is C52H49F4IrN7O8S-2. The first-order valence-corrected chi connectivity index (χ1v) is 24.8. The number of sulfone groups is 1. The van der Waals surface area contributed by atoms with Crippen molar-refractivity contribution in [1.82, 2.24) is 30.3 Å². The topological polar surface area (TPSA) is 199 Å². The van der Waals surface area contributed by atoms with Crippen molar-refractivity contribution < 1.29 is 74.9 Å². The first kappa shape index (κ1) is 56.8. The average Bonchev–Trinajstić information content (AvgIpc) is 3.98. The van der Waals surface area contributed by atoms with Gasteiger partial charge >= 0.3 is 5.97 Å². The number of imide groups is 1. The van der Waals surface area contributed by atoms with E-state index in [1.165, 1.54) is 0 Å². The van der Waals surface area contributed by atoms with Crippen LogP contribution >= 0.6 is 0 Å². The molecule has 2 atom stereocenters. The number of unbranched alkanes of at least 4 members (excludes halogenated alkanes) is 1. The number of carbonyl (C=O) groups excluding carboxylic acids is 5. The number of hydrogen-bond acceptors (Lipinski definition) is 13. The number of nitrogens with one attached hydrogen (secondary N) is 1. The minimum Gasteiger partial charge on any atom is -0.361 e. The molecule has 4 aromatic heterocycles. The van der Waals surface area contributed by atoms with E-state index in [0.29, 0.717) is 53.6 Å². The SMILES string of the molecule is Cc1ccnc(-c2cc(N3CCCC3C(=O)CC(CS(C)(=O)=O)C(=O)NCCCCC(=O)ON3C(=O)CCC3=O)ccn2)c1.Fc1c[c-]c(-c2ccccn2)c(F)c1.Fc1c[c-]c(-c2ccccn2)c(F)c1.[Ir]. The van der Waals surface area contributed by atoms with E-state index >= 15 is 0 Å². The number of ketones is 1. The number of hydroxylamine groups is 2. The number of aromatic nitrogens is 4. The summed E-state index contributed by atoms with van der Waals surface area (Å²) in [7, 11) is -3.57. The van der Waals surface area contributed by atoms with Crippen LogP contribution in [0.5, 0.6) is 0 Å². The van der Waals surface area contributed by atoms with Gasteiger partial charge in [0, 0.05) is 119 Å². The van der Waals surface area contributed by atoms with Gasteiger partial charge in [-0.1, -0.05) is 47.5 Å². The van der Waals surface area contributed by atoms with E-state index in [-0.39, 0.29) is 69.2 Å². The van der Waals surface area contributed by atoms with E-state index in [2.05, 4.69) is 37.4 Å². The van der Waals surface area contributed by atoms with Crippen molar-refractivity contribution in [3.8, 4) is 33.9 Å². The Morgan fingerprint density at radius 1 is 0.767 bits per heavy atom. The predicted octanol–water partition coefficient (Wildman–Crippen LogP) is 7.59. The monoisotopic (exact) mass is 1200 g/mol. The van der Waals surface area contributed by atoms with Gasteiger partial charge in [-0.25, -0.2) is 13.2 Å². The van der Waals surface area contributed by atoms with Crippen LogP contribution in [0.2, 0.25) is 0 Å². The number of carbonyl (C=O) groups is 5. The average molecular weight is 1200 g/mol. The second-order valence-electron chi connectivity index (χ2n) is 16.7. The number of amides is 3. The summed E-state index contributed by atoms with van der Waals surface area (Å²) in [4.78, 5) is 85.2. The molecule has 2 unspecified atom stereocenters. The molecular weight excluding hydrogens is 1150 g/mol. The predicted molar refractivity (Wildman–Crippen MR) is 256 cm³/mol. The summed E-state index contributed by atoms with van der Waals surface area (Å²) in [5, 5.41) is 3.16. The first-order valence-electron chi connectivity index (χ1n) is 22.7. The van der Waals surface area contributed by atoms with E-state index in [1.807, 2.05) is 36.1 Å². The molecule has 0 spiro atoms. The minimum atomic E-state index is -3.57. The number of hydrogen-bond donors (Lipinski definition) is 1. The first-order chi connectivity index (χ1) is 34.4. The fraction of sp³-hybridized carbons (Fsp3) is 0.288. The molecule has 1 radical (unpaired) electrons. The molecule has 0 aliphatic carbocycles. The maximum atomic E-state index is 13.5. The molecule has 0 bridgehead atoms. The van der Waals surface area contributed by atoms with Crippen LogP contribution in [0.1, 0.15) is 56.9 Å². The maximum Gasteiger partial charge on any atom is 0.333 e. The van der Waals surface area contributed by atoms with Crippen molar-refractivity contribution in [3.63, 3.8) is 0 Å². The van der Waals surface area contributed by atoms with Crippen molar-refractivity contribution in [2.75, 3.05) is 30.0 Å². The second kappa shape index (κ2) is 27.1. The summed E-state index contributed by atoms with van der Waals surface area (Å²) < 4.78 is 75.9. The number of Topliss-reactive ketones (excluding diaryl/α,β-unsaturated/α-hetero) is 1. The summed E-state index contributed by atoms with van der Waals surface area (Å²) in [5.41, 5.74) is 4.50. The van der Waals surface area contributed by atoms with Gasteiger partial charge in [0.15, 0.2) is 5.78 Å². The van der Waals surface area contributed by atoms with Crippen molar-refractivity contribution in [2.45, 2.75) is 64.3 Å². The van der Waals surface area contributed by atoms with E-state index in [9.17, 15) is 50.0 Å². The largest absolute Gasteiger partial charge is 0.361 e. The van der Waals surface area contributed by atoms with Crippen molar-refractivity contribution in [3.05, 3.63) is 151 Å². The normalized spacial score (nSPS) is 14.5. The maximum absolute atomic E-state index is 13.5. The summed E-state index contributed by atoms with van der Waals surface area (Å²) >= 11 is 0. The molecule has 2 aliphatic rings. The summed E-state index contributed by atoms with van der Waals surface area (Å²) in [5.74, 6) is -6.75. The number of halogens is 4. The Balaban J connectivity index is 0.000000273. The van der Waals surface area contributed by atoms with Crippen LogP contribution in [0.3, 0.4) is 0 Å². The third-order valence-corrected chi connectivity index (χ3v) is 12.1. The van der Waals surface area contributed by atoms with E-state index < -0.39 is 74.5 Å². The van der Waals surface area contributed by atoms with Gasteiger partial charge in [0.25, 0.3) is 11.8 Å². The van der Waals surface area contributed by atoms with Gasteiger partial charge in [0.05, 0.1) is 29.1 Å². The van der Waals surface area contributed by atoms with Crippen molar-refractivity contribution >= 4 is 45.0 Å². The Morgan fingerprint density at radius 2 is 1.33 bits per heavy atom. The minimum absolute atomic E-state index is 0. The molecule has 2 aromatic carbocycles. The van der Waals surface area contributed by atoms with E-state index in [4.69, 9.17) is 4.84 Å². The van der Waals surface area contributed by atoms with E-state index in [0.717, 1.165) is 48.2 Å². The van der Waals surface area contributed by atoms with Crippen LogP contribution in [0.25, 0.3) is 33.9 Å². The molecule has 2 saturated heterocycles. The Kier molecular flexibility index (Phi) is 21.1. The Morgan fingerprint density at radius 3 is 1.86 bits per heavy atom. The van der Waals surface area contributed by atoms with Crippen molar-refractivity contribution in [2.24, 2.45) is 5.92 Å². The summed E-state index contributed by atoms with van der Waals surface area (Å²) in [6.07, 6.45) is 9.20. The second-order valence-corrected chi connectivity index (χ2v) is 18.9. The van der Waals surface area contributed by atoms with Gasteiger partial charge in [-0.15, -0.1) is 29.3 Å². The molecule has 8 rings (SSSR count). The quantitative estimate of drug-likeness (QED) is 0.0431. The number of aryl methyl sites for hydroxylation is 1. The molecule has 6 aromatic rings. The number of pyridine rings is 4. The van der Waals surface area contributed by atoms with Gasteiger partial charge in [0.1, 0.15) is 9.84 Å².